The van der Waals surface area contributed by atoms with Crippen molar-refractivity contribution in [3.8, 4) is 11.5 Å². The van der Waals surface area contributed by atoms with Gasteiger partial charge in [-0.1, -0.05) is 18.2 Å². The highest BCUT2D eigenvalue weighted by Gasteiger charge is 2.17. The van der Waals surface area contributed by atoms with E-state index in [2.05, 4.69) is 29.3 Å². The molecule has 0 amide bonds. The number of benzene rings is 2. The summed E-state index contributed by atoms with van der Waals surface area (Å²) in [7, 11) is 0. The lowest BCUT2D eigenvalue weighted by molar-refractivity contribution is 0.481. The Bertz CT molecular complexity index is 539. The number of nitrogens with zero attached hydrogens (tertiary/aromatic N) is 1. The minimum absolute atomic E-state index is 0.532. The van der Waals surface area contributed by atoms with Crippen LogP contribution in [-0.4, -0.2) is 25.7 Å². The first-order valence-electron chi connectivity index (χ1n) is 7.13. The Hall–Kier alpha value is -2.00. The van der Waals surface area contributed by atoms with Gasteiger partial charge in [0.1, 0.15) is 11.5 Å². The molecule has 1 fully saturated rings. The van der Waals surface area contributed by atoms with E-state index >= 15 is 0 Å². The fraction of sp³-hybridized carbons (Fsp3) is 0.294. The number of anilines is 1. The molecule has 0 spiro atoms. The molecule has 1 N–H and O–H groups in total. The average molecular weight is 268 g/mol. The third-order valence-electron chi connectivity index (χ3n) is 3.65. The molecule has 1 heterocycles. The lowest BCUT2D eigenvalue weighted by atomic mass is 10.2. The van der Waals surface area contributed by atoms with Crippen molar-refractivity contribution in [2.24, 2.45) is 0 Å². The van der Waals surface area contributed by atoms with E-state index in [-0.39, 0.29) is 0 Å². The van der Waals surface area contributed by atoms with Gasteiger partial charge in [-0.3, -0.25) is 0 Å². The van der Waals surface area contributed by atoms with Crippen LogP contribution in [0.15, 0.2) is 54.6 Å². The van der Waals surface area contributed by atoms with Crippen molar-refractivity contribution in [2.45, 2.75) is 13.0 Å². The zero-order chi connectivity index (χ0) is 13.8. The number of hydrogen-bond donors (Lipinski definition) is 1. The van der Waals surface area contributed by atoms with Crippen LogP contribution >= 0.6 is 0 Å². The van der Waals surface area contributed by atoms with E-state index in [9.17, 15) is 0 Å². The number of rotatable bonds is 3. The molecule has 0 saturated carbocycles. The highest BCUT2D eigenvalue weighted by molar-refractivity contribution is 5.51. The maximum Gasteiger partial charge on any atom is 0.127 e. The standard InChI is InChI=1S/C17H20N2O/c1-14-13-18-11-12-19(14)15-7-9-17(10-8-15)20-16-5-3-2-4-6-16/h2-10,14,18H,11-13H2,1H3. The summed E-state index contributed by atoms with van der Waals surface area (Å²) in [4.78, 5) is 2.43. The van der Waals surface area contributed by atoms with Crippen LogP contribution in [0.5, 0.6) is 11.5 Å². The summed E-state index contributed by atoms with van der Waals surface area (Å²) in [5.74, 6) is 1.75. The summed E-state index contributed by atoms with van der Waals surface area (Å²) in [5, 5.41) is 3.41. The van der Waals surface area contributed by atoms with E-state index in [1.54, 1.807) is 0 Å². The van der Waals surface area contributed by atoms with Gasteiger partial charge in [0.05, 0.1) is 0 Å². The zero-order valence-corrected chi connectivity index (χ0v) is 11.8. The number of piperazine rings is 1. The molecule has 2 aromatic carbocycles. The number of ether oxygens (including phenoxy) is 1. The number of para-hydroxylation sites is 1. The molecule has 0 aromatic heterocycles. The molecule has 1 unspecified atom stereocenters. The summed E-state index contributed by atoms with van der Waals surface area (Å²) in [5.41, 5.74) is 1.26. The quantitative estimate of drug-likeness (QED) is 0.924. The molecule has 0 radical (unpaired) electrons. The van der Waals surface area contributed by atoms with Gasteiger partial charge in [0.2, 0.25) is 0 Å². The molecule has 104 valence electrons. The van der Waals surface area contributed by atoms with Crippen molar-refractivity contribution < 1.29 is 4.74 Å². The Labute approximate surface area is 120 Å². The van der Waals surface area contributed by atoms with Gasteiger partial charge in [-0.2, -0.15) is 0 Å². The smallest absolute Gasteiger partial charge is 0.127 e. The van der Waals surface area contributed by atoms with Gasteiger partial charge in [0, 0.05) is 31.4 Å². The first-order chi connectivity index (χ1) is 9.83. The highest BCUT2D eigenvalue weighted by atomic mass is 16.5. The molecule has 3 nitrogen and oxygen atoms in total. The summed E-state index contributed by atoms with van der Waals surface area (Å²) < 4.78 is 5.82. The molecule has 3 rings (SSSR count). The summed E-state index contributed by atoms with van der Waals surface area (Å²) in [6.45, 7) is 5.40. The van der Waals surface area contributed by atoms with Crippen LogP contribution in [0.25, 0.3) is 0 Å². The molecule has 0 bridgehead atoms. The van der Waals surface area contributed by atoms with Crippen molar-refractivity contribution in [1.29, 1.82) is 0 Å². The minimum Gasteiger partial charge on any atom is -0.457 e. The largest absolute Gasteiger partial charge is 0.457 e. The lowest BCUT2D eigenvalue weighted by Gasteiger charge is -2.35. The molecule has 0 aliphatic carbocycles. The second-order valence-corrected chi connectivity index (χ2v) is 5.16. The molecule has 1 atom stereocenters. The lowest BCUT2D eigenvalue weighted by Crippen LogP contribution is -2.49. The Balaban J connectivity index is 1.71. The zero-order valence-electron chi connectivity index (χ0n) is 11.8. The molecular formula is C17H20N2O. The van der Waals surface area contributed by atoms with Crippen molar-refractivity contribution >= 4 is 5.69 Å². The van der Waals surface area contributed by atoms with E-state index in [0.717, 1.165) is 31.1 Å². The minimum atomic E-state index is 0.532. The maximum atomic E-state index is 5.82. The molecule has 1 saturated heterocycles. The fourth-order valence-corrected chi connectivity index (χ4v) is 2.55. The van der Waals surface area contributed by atoms with Gasteiger partial charge < -0.3 is 15.0 Å². The molecule has 2 aromatic rings. The molecule has 1 aliphatic rings. The third-order valence-corrected chi connectivity index (χ3v) is 3.65. The fourth-order valence-electron chi connectivity index (χ4n) is 2.55. The van der Waals surface area contributed by atoms with Crippen molar-refractivity contribution in [3.63, 3.8) is 0 Å². The Kier molecular flexibility index (Phi) is 3.88. The second kappa shape index (κ2) is 5.97. The van der Waals surface area contributed by atoms with Gasteiger partial charge in [0.25, 0.3) is 0 Å². The number of hydrogen-bond acceptors (Lipinski definition) is 3. The first kappa shape index (κ1) is 13.0. The normalized spacial score (nSPS) is 18.9. The van der Waals surface area contributed by atoms with Crippen molar-refractivity contribution in [2.75, 3.05) is 24.5 Å². The Morgan fingerprint density at radius 2 is 1.70 bits per heavy atom. The predicted molar refractivity (Wildman–Crippen MR) is 82.6 cm³/mol. The monoisotopic (exact) mass is 268 g/mol. The van der Waals surface area contributed by atoms with Crippen LogP contribution < -0.4 is 15.0 Å². The second-order valence-electron chi connectivity index (χ2n) is 5.16. The first-order valence-corrected chi connectivity index (χ1v) is 7.13. The molecule has 1 aliphatic heterocycles. The van der Waals surface area contributed by atoms with Gasteiger partial charge in [-0.25, -0.2) is 0 Å². The average Bonchev–Trinajstić information content (AvgIpc) is 2.50. The van der Waals surface area contributed by atoms with Crippen LogP contribution in [0.3, 0.4) is 0 Å². The summed E-state index contributed by atoms with van der Waals surface area (Å²) >= 11 is 0. The Morgan fingerprint density at radius 3 is 2.40 bits per heavy atom. The van der Waals surface area contributed by atoms with E-state index in [1.807, 2.05) is 42.5 Å². The summed E-state index contributed by atoms with van der Waals surface area (Å²) in [6, 6.07) is 18.8. The SMILES string of the molecule is CC1CNCCN1c1ccc(Oc2ccccc2)cc1. The van der Waals surface area contributed by atoms with E-state index in [1.165, 1.54) is 5.69 Å². The van der Waals surface area contributed by atoms with Crippen molar-refractivity contribution in [1.82, 2.24) is 5.32 Å². The van der Waals surface area contributed by atoms with Crippen LogP contribution in [0.2, 0.25) is 0 Å². The van der Waals surface area contributed by atoms with Crippen LogP contribution in [0, 0.1) is 0 Å². The van der Waals surface area contributed by atoms with E-state index < -0.39 is 0 Å². The Morgan fingerprint density at radius 1 is 1.00 bits per heavy atom. The molecule has 3 heteroatoms. The van der Waals surface area contributed by atoms with Crippen LogP contribution in [0.1, 0.15) is 6.92 Å². The molecular weight excluding hydrogens is 248 g/mol. The van der Waals surface area contributed by atoms with Crippen LogP contribution in [0.4, 0.5) is 5.69 Å². The van der Waals surface area contributed by atoms with E-state index in [4.69, 9.17) is 4.74 Å². The van der Waals surface area contributed by atoms with Gasteiger partial charge in [0.15, 0.2) is 0 Å². The predicted octanol–water partition coefficient (Wildman–Crippen LogP) is 3.28. The van der Waals surface area contributed by atoms with Gasteiger partial charge >= 0.3 is 0 Å². The van der Waals surface area contributed by atoms with Gasteiger partial charge in [-0.15, -0.1) is 0 Å². The topological polar surface area (TPSA) is 24.5 Å². The van der Waals surface area contributed by atoms with Gasteiger partial charge in [-0.05, 0) is 43.3 Å². The number of nitrogens with one attached hydrogen (secondary N) is 1. The molecule has 20 heavy (non-hydrogen) atoms. The third kappa shape index (κ3) is 2.94. The maximum absolute atomic E-state index is 5.82. The van der Waals surface area contributed by atoms with Crippen LogP contribution in [-0.2, 0) is 0 Å². The summed E-state index contributed by atoms with van der Waals surface area (Å²) in [6.07, 6.45) is 0. The highest BCUT2D eigenvalue weighted by Crippen LogP contribution is 2.25. The van der Waals surface area contributed by atoms with Crippen molar-refractivity contribution in [3.05, 3.63) is 54.6 Å². The van der Waals surface area contributed by atoms with E-state index in [0.29, 0.717) is 6.04 Å².